The highest BCUT2D eigenvalue weighted by Crippen LogP contribution is 2.23. The summed E-state index contributed by atoms with van der Waals surface area (Å²) in [6, 6.07) is 8.05. The van der Waals surface area contributed by atoms with Gasteiger partial charge in [-0.3, -0.25) is 4.79 Å². The lowest BCUT2D eigenvalue weighted by molar-refractivity contribution is -0.104. The Hall–Kier alpha value is -1.83. The molecule has 2 aromatic rings. The van der Waals surface area contributed by atoms with Gasteiger partial charge in [0, 0.05) is 22.7 Å². The zero-order valence-electron chi connectivity index (χ0n) is 7.95. The quantitative estimate of drug-likeness (QED) is 0.566. The monoisotopic (exact) mass is 185 g/mol. The fraction of sp³-hybridized carbons (Fsp3) is 0.0833. The molecular weight excluding hydrogens is 174 g/mol. The van der Waals surface area contributed by atoms with E-state index in [-0.39, 0.29) is 0 Å². The molecule has 0 fully saturated rings. The van der Waals surface area contributed by atoms with E-state index in [2.05, 4.69) is 4.98 Å². The lowest BCUT2D eigenvalue weighted by Crippen LogP contribution is -1.76. The number of nitrogens with one attached hydrogen (secondary N) is 1. The summed E-state index contributed by atoms with van der Waals surface area (Å²) < 4.78 is 0. The Morgan fingerprint density at radius 1 is 1.36 bits per heavy atom. The van der Waals surface area contributed by atoms with E-state index in [1.807, 2.05) is 37.4 Å². The molecule has 0 atom stereocenters. The van der Waals surface area contributed by atoms with Crippen molar-refractivity contribution in [1.82, 2.24) is 4.98 Å². The van der Waals surface area contributed by atoms with Gasteiger partial charge in [-0.15, -0.1) is 0 Å². The second-order valence-corrected chi connectivity index (χ2v) is 3.23. The number of hydrogen-bond donors (Lipinski definition) is 1. The summed E-state index contributed by atoms with van der Waals surface area (Å²) in [4.78, 5) is 13.5. The number of rotatable bonds is 2. The van der Waals surface area contributed by atoms with E-state index in [4.69, 9.17) is 0 Å². The largest absolute Gasteiger partial charge is 0.361 e. The molecule has 1 aromatic heterocycles. The molecule has 0 saturated heterocycles. The third kappa shape index (κ3) is 1.35. The van der Waals surface area contributed by atoms with Crippen LogP contribution in [-0.4, -0.2) is 11.3 Å². The minimum atomic E-state index is 0.817. The number of aromatic amines is 1. The first-order chi connectivity index (χ1) is 6.83. The molecule has 2 heteroatoms. The van der Waals surface area contributed by atoms with Gasteiger partial charge in [0.2, 0.25) is 0 Å². The molecule has 1 heterocycles. The summed E-state index contributed by atoms with van der Waals surface area (Å²) in [5, 5.41) is 1.16. The summed E-state index contributed by atoms with van der Waals surface area (Å²) in [5.74, 6) is 0. The van der Waals surface area contributed by atoms with Crippen molar-refractivity contribution >= 4 is 22.8 Å². The van der Waals surface area contributed by atoms with E-state index in [1.165, 1.54) is 0 Å². The van der Waals surface area contributed by atoms with Crippen molar-refractivity contribution in [2.24, 2.45) is 0 Å². The molecule has 0 unspecified atom stereocenters. The maximum atomic E-state index is 10.4. The summed E-state index contributed by atoms with van der Waals surface area (Å²) in [6.45, 7) is 1.93. The molecule has 1 aromatic carbocycles. The Balaban J connectivity index is 2.64. The van der Waals surface area contributed by atoms with Crippen molar-refractivity contribution in [3.63, 3.8) is 0 Å². The average molecular weight is 185 g/mol. The Bertz CT molecular complexity index is 494. The lowest BCUT2D eigenvalue weighted by Gasteiger charge is -1.96. The first kappa shape index (κ1) is 8.75. The highest BCUT2D eigenvalue weighted by Gasteiger charge is 2.03. The molecule has 0 saturated carbocycles. The van der Waals surface area contributed by atoms with Crippen LogP contribution in [0.1, 0.15) is 12.5 Å². The van der Waals surface area contributed by atoms with Gasteiger partial charge in [0.05, 0.1) is 0 Å². The molecule has 0 radical (unpaired) electrons. The zero-order chi connectivity index (χ0) is 9.97. The second kappa shape index (κ2) is 3.50. The molecule has 0 aliphatic carbocycles. The smallest absolute Gasteiger partial charge is 0.143 e. The highest BCUT2D eigenvalue weighted by molar-refractivity contribution is 5.94. The summed E-state index contributed by atoms with van der Waals surface area (Å²) >= 11 is 0. The van der Waals surface area contributed by atoms with Crippen LogP contribution >= 0.6 is 0 Å². The van der Waals surface area contributed by atoms with Gasteiger partial charge in [0.1, 0.15) is 6.29 Å². The van der Waals surface area contributed by atoms with Crippen LogP contribution in [0.5, 0.6) is 0 Å². The minimum Gasteiger partial charge on any atom is -0.361 e. The fourth-order valence-corrected chi connectivity index (χ4v) is 1.59. The third-order valence-electron chi connectivity index (χ3n) is 2.33. The Kier molecular flexibility index (Phi) is 2.19. The number of hydrogen-bond acceptors (Lipinski definition) is 1. The van der Waals surface area contributed by atoms with Crippen LogP contribution in [0, 0.1) is 0 Å². The van der Waals surface area contributed by atoms with Crippen molar-refractivity contribution in [3.05, 3.63) is 42.1 Å². The Morgan fingerprint density at radius 2 is 2.14 bits per heavy atom. The number of benzene rings is 1. The number of fused-ring (bicyclic) bond motifs is 1. The maximum Gasteiger partial charge on any atom is 0.143 e. The number of allylic oxidation sites excluding steroid dienone is 2. The molecule has 14 heavy (non-hydrogen) atoms. The molecule has 0 aliphatic rings. The van der Waals surface area contributed by atoms with E-state index in [0.29, 0.717) is 0 Å². The van der Waals surface area contributed by atoms with Crippen LogP contribution in [-0.2, 0) is 4.79 Å². The predicted octanol–water partition coefficient (Wildman–Crippen LogP) is 2.77. The third-order valence-corrected chi connectivity index (χ3v) is 2.33. The van der Waals surface area contributed by atoms with Crippen LogP contribution in [0.3, 0.4) is 0 Å². The second-order valence-electron chi connectivity index (χ2n) is 3.23. The Labute approximate surface area is 82.3 Å². The van der Waals surface area contributed by atoms with Gasteiger partial charge in [0.25, 0.3) is 0 Å². The van der Waals surface area contributed by atoms with Crippen LogP contribution in [0.15, 0.2) is 36.5 Å². The van der Waals surface area contributed by atoms with Gasteiger partial charge in [-0.05, 0) is 24.6 Å². The van der Waals surface area contributed by atoms with Crippen molar-refractivity contribution in [1.29, 1.82) is 0 Å². The van der Waals surface area contributed by atoms with Gasteiger partial charge in [-0.25, -0.2) is 0 Å². The lowest BCUT2D eigenvalue weighted by atomic mass is 10.1. The SMILES string of the molecule is C/C(=C/C=O)c1c[nH]c2ccccc12. The number of carbonyl (C=O) groups is 1. The van der Waals surface area contributed by atoms with Crippen LogP contribution in [0.25, 0.3) is 16.5 Å². The molecule has 0 spiro atoms. The van der Waals surface area contributed by atoms with E-state index in [9.17, 15) is 4.79 Å². The van der Waals surface area contributed by atoms with E-state index in [1.54, 1.807) is 6.08 Å². The molecule has 2 nitrogen and oxygen atoms in total. The molecule has 1 N–H and O–H groups in total. The van der Waals surface area contributed by atoms with Crippen molar-refractivity contribution in [3.8, 4) is 0 Å². The van der Waals surface area contributed by atoms with Gasteiger partial charge in [0.15, 0.2) is 0 Å². The zero-order valence-corrected chi connectivity index (χ0v) is 7.95. The van der Waals surface area contributed by atoms with Gasteiger partial charge < -0.3 is 4.98 Å². The van der Waals surface area contributed by atoms with Crippen molar-refractivity contribution in [2.75, 3.05) is 0 Å². The van der Waals surface area contributed by atoms with Crippen LogP contribution < -0.4 is 0 Å². The van der Waals surface area contributed by atoms with E-state index >= 15 is 0 Å². The standard InChI is InChI=1S/C12H11NO/c1-9(6-7-14)11-8-13-12-5-3-2-4-10(11)12/h2-8,13H,1H3/b9-6-. The van der Waals surface area contributed by atoms with Crippen LogP contribution in [0.4, 0.5) is 0 Å². The first-order valence-corrected chi connectivity index (χ1v) is 4.51. The number of aromatic nitrogens is 1. The molecule has 0 bridgehead atoms. The Morgan fingerprint density at radius 3 is 2.93 bits per heavy atom. The van der Waals surface area contributed by atoms with Crippen molar-refractivity contribution in [2.45, 2.75) is 6.92 Å². The number of carbonyl (C=O) groups excluding carboxylic acids is 1. The summed E-state index contributed by atoms with van der Waals surface area (Å²) in [6.07, 6.45) is 4.33. The van der Waals surface area contributed by atoms with Crippen LogP contribution in [0.2, 0.25) is 0 Å². The predicted molar refractivity (Wildman–Crippen MR) is 58.0 cm³/mol. The van der Waals surface area contributed by atoms with Gasteiger partial charge in [-0.1, -0.05) is 18.2 Å². The average Bonchev–Trinajstić information content (AvgIpc) is 2.61. The highest BCUT2D eigenvalue weighted by atomic mass is 16.1. The number of aldehydes is 1. The topological polar surface area (TPSA) is 32.9 Å². The van der Waals surface area contributed by atoms with Gasteiger partial charge in [-0.2, -0.15) is 0 Å². The normalized spacial score (nSPS) is 11.9. The molecular formula is C12H11NO. The molecule has 0 aliphatic heterocycles. The molecule has 0 amide bonds. The number of para-hydroxylation sites is 1. The fourth-order valence-electron chi connectivity index (χ4n) is 1.59. The molecule has 70 valence electrons. The van der Waals surface area contributed by atoms with Crippen molar-refractivity contribution < 1.29 is 4.79 Å². The first-order valence-electron chi connectivity index (χ1n) is 4.51. The number of H-pyrrole nitrogens is 1. The van der Waals surface area contributed by atoms with Gasteiger partial charge >= 0.3 is 0 Å². The van der Waals surface area contributed by atoms with E-state index in [0.717, 1.165) is 28.3 Å². The van der Waals surface area contributed by atoms with E-state index < -0.39 is 0 Å². The molecule has 2 rings (SSSR count). The summed E-state index contributed by atoms with van der Waals surface area (Å²) in [7, 11) is 0. The minimum absolute atomic E-state index is 0.817. The maximum absolute atomic E-state index is 10.4. The summed E-state index contributed by atoms with van der Waals surface area (Å²) in [5.41, 5.74) is 3.17.